The Morgan fingerprint density at radius 3 is 3.13 bits per heavy atom. The molecule has 1 unspecified atom stereocenters. The van der Waals surface area contributed by atoms with E-state index in [9.17, 15) is 4.79 Å². The van der Waals surface area contributed by atoms with E-state index in [1.54, 1.807) is 18.6 Å². The molecule has 15 heavy (non-hydrogen) atoms. The average Bonchev–Trinajstić information content (AvgIpc) is 2.69. The predicted octanol–water partition coefficient (Wildman–Crippen LogP) is 1.91. The zero-order chi connectivity index (χ0) is 11.3. The Morgan fingerprint density at radius 1 is 1.87 bits per heavy atom. The number of aromatic nitrogens is 1. The van der Waals surface area contributed by atoms with Gasteiger partial charge < -0.3 is 4.90 Å². The molecule has 0 bridgehead atoms. The van der Waals surface area contributed by atoms with Crippen molar-refractivity contribution in [2.45, 2.75) is 19.4 Å². The Labute approximate surface area is 92.3 Å². The number of amides is 2. The van der Waals surface area contributed by atoms with Crippen LogP contribution in [0.4, 0.5) is 9.93 Å². The van der Waals surface area contributed by atoms with Crippen LogP contribution in [0.5, 0.6) is 0 Å². The average molecular weight is 224 g/mol. The largest absolute Gasteiger partial charge is 0.324 e. The second-order valence-electron chi connectivity index (χ2n) is 3.09. The number of thiazole rings is 1. The topological polar surface area (TPSA) is 69.0 Å². The highest BCUT2D eigenvalue weighted by Crippen LogP contribution is 2.11. The van der Waals surface area contributed by atoms with E-state index in [0.29, 0.717) is 11.6 Å². The minimum absolute atomic E-state index is 0.102. The number of carbonyl (C=O) groups is 1. The summed E-state index contributed by atoms with van der Waals surface area (Å²) in [6.07, 6.45) is 1.95. The van der Waals surface area contributed by atoms with E-state index in [1.165, 1.54) is 16.2 Å². The zero-order valence-corrected chi connectivity index (χ0v) is 9.41. The lowest BCUT2D eigenvalue weighted by Gasteiger charge is -2.22. The van der Waals surface area contributed by atoms with Crippen molar-refractivity contribution in [3.8, 4) is 6.07 Å². The van der Waals surface area contributed by atoms with Crippen LogP contribution in [0.2, 0.25) is 0 Å². The van der Waals surface area contributed by atoms with Crippen molar-refractivity contribution in [3.05, 3.63) is 11.6 Å². The van der Waals surface area contributed by atoms with E-state index >= 15 is 0 Å². The van der Waals surface area contributed by atoms with Gasteiger partial charge in [-0.05, 0) is 6.92 Å². The molecule has 1 N–H and O–H groups in total. The van der Waals surface area contributed by atoms with Gasteiger partial charge in [0.25, 0.3) is 0 Å². The van der Waals surface area contributed by atoms with Gasteiger partial charge in [-0.2, -0.15) is 5.26 Å². The maximum Gasteiger partial charge on any atom is 0.323 e. The third kappa shape index (κ3) is 3.22. The molecule has 0 radical (unpaired) electrons. The summed E-state index contributed by atoms with van der Waals surface area (Å²) >= 11 is 1.36. The van der Waals surface area contributed by atoms with Crippen molar-refractivity contribution in [2.75, 3.05) is 12.4 Å². The van der Waals surface area contributed by atoms with Crippen molar-refractivity contribution >= 4 is 22.5 Å². The standard InChI is InChI=1S/C9H12N4OS/c1-7(3-4-10)13(2)9(14)12-8-11-5-6-15-8/h5-7H,3H2,1-2H3,(H,11,12,14). The van der Waals surface area contributed by atoms with Gasteiger partial charge in [-0.15, -0.1) is 11.3 Å². The Hall–Kier alpha value is -1.61. The Kier molecular flexibility index (Phi) is 4.06. The van der Waals surface area contributed by atoms with Crippen LogP contribution >= 0.6 is 11.3 Å². The van der Waals surface area contributed by atoms with Crippen LogP contribution in [0.25, 0.3) is 0 Å². The molecular weight excluding hydrogens is 212 g/mol. The summed E-state index contributed by atoms with van der Waals surface area (Å²) in [6, 6.07) is 1.68. The second-order valence-corrected chi connectivity index (χ2v) is 3.98. The molecule has 1 atom stereocenters. The van der Waals surface area contributed by atoms with Crippen LogP contribution in [0.3, 0.4) is 0 Å². The van der Waals surface area contributed by atoms with E-state index < -0.39 is 0 Å². The van der Waals surface area contributed by atoms with Crippen LogP contribution in [-0.2, 0) is 0 Å². The van der Waals surface area contributed by atoms with Gasteiger partial charge in [0.1, 0.15) is 0 Å². The molecule has 6 heteroatoms. The quantitative estimate of drug-likeness (QED) is 0.852. The van der Waals surface area contributed by atoms with Crippen molar-refractivity contribution in [3.63, 3.8) is 0 Å². The van der Waals surface area contributed by atoms with Gasteiger partial charge in [0.2, 0.25) is 0 Å². The molecule has 0 spiro atoms. The van der Waals surface area contributed by atoms with Crippen LogP contribution < -0.4 is 5.32 Å². The molecule has 5 nitrogen and oxygen atoms in total. The highest BCUT2D eigenvalue weighted by molar-refractivity contribution is 7.13. The smallest absolute Gasteiger partial charge is 0.323 e. The van der Waals surface area contributed by atoms with Gasteiger partial charge in [0.15, 0.2) is 5.13 Å². The van der Waals surface area contributed by atoms with E-state index in [2.05, 4.69) is 10.3 Å². The minimum atomic E-state index is -0.243. The molecule has 80 valence electrons. The third-order valence-corrected chi connectivity index (χ3v) is 2.70. The second kappa shape index (κ2) is 5.32. The van der Waals surface area contributed by atoms with Crippen molar-refractivity contribution in [1.82, 2.24) is 9.88 Å². The number of rotatable bonds is 3. The zero-order valence-electron chi connectivity index (χ0n) is 8.60. The molecule has 0 aromatic carbocycles. The summed E-state index contributed by atoms with van der Waals surface area (Å²) in [4.78, 5) is 17.0. The van der Waals surface area contributed by atoms with Gasteiger partial charge in [0, 0.05) is 24.7 Å². The molecule has 0 aliphatic carbocycles. The normalized spacial score (nSPS) is 11.5. The highest BCUT2D eigenvalue weighted by atomic mass is 32.1. The number of hydrogen-bond acceptors (Lipinski definition) is 4. The predicted molar refractivity (Wildman–Crippen MR) is 58.6 cm³/mol. The minimum Gasteiger partial charge on any atom is -0.324 e. The fourth-order valence-corrected chi connectivity index (χ4v) is 1.45. The highest BCUT2D eigenvalue weighted by Gasteiger charge is 2.15. The Morgan fingerprint density at radius 2 is 2.60 bits per heavy atom. The number of nitrogens with zero attached hydrogens (tertiary/aromatic N) is 3. The number of nitrogens with one attached hydrogen (secondary N) is 1. The fraction of sp³-hybridized carbons (Fsp3) is 0.444. The molecule has 0 aliphatic rings. The van der Waals surface area contributed by atoms with Crippen molar-refractivity contribution < 1.29 is 4.79 Å². The summed E-state index contributed by atoms with van der Waals surface area (Å²) in [5.74, 6) is 0. The molecule has 0 fully saturated rings. The molecule has 1 heterocycles. The molecule has 1 rings (SSSR count). The maximum absolute atomic E-state index is 11.6. The first-order chi connectivity index (χ1) is 7.15. The van der Waals surface area contributed by atoms with Gasteiger partial charge in [-0.3, -0.25) is 5.32 Å². The summed E-state index contributed by atoms with van der Waals surface area (Å²) in [5.41, 5.74) is 0. The first-order valence-corrected chi connectivity index (χ1v) is 5.33. The van der Waals surface area contributed by atoms with E-state index in [4.69, 9.17) is 5.26 Å². The summed E-state index contributed by atoms with van der Waals surface area (Å²) in [7, 11) is 1.66. The maximum atomic E-state index is 11.6. The monoisotopic (exact) mass is 224 g/mol. The Balaban J connectivity index is 2.50. The molecule has 0 saturated carbocycles. The molecule has 2 amide bonds. The number of nitriles is 1. The Bertz CT molecular complexity index is 357. The summed E-state index contributed by atoms with van der Waals surface area (Å²) < 4.78 is 0. The van der Waals surface area contributed by atoms with E-state index in [1.807, 2.05) is 13.0 Å². The van der Waals surface area contributed by atoms with Crippen molar-refractivity contribution in [2.24, 2.45) is 0 Å². The van der Waals surface area contributed by atoms with Crippen LogP contribution in [-0.4, -0.2) is 29.0 Å². The number of hydrogen-bond donors (Lipinski definition) is 1. The van der Waals surface area contributed by atoms with Gasteiger partial charge >= 0.3 is 6.03 Å². The summed E-state index contributed by atoms with van der Waals surface area (Å²) in [6.45, 7) is 1.82. The van der Waals surface area contributed by atoms with Gasteiger partial charge in [0.05, 0.1) is 12.5 Å². The molecule has 1 aromatic heterocycles. The van der Waals surface area contributed by atoms with Crippen LogP contribution in [0.15, 0.2) is 11.6 Å². The number of carbonyl (C=O) groups excluding carboxylic acids is 1. The van der Waals surface area contributed by atoms with Gasteiger partial charge in [-0.1, -0.05) is 0 Å². The lowest BCUT2D eigenvalue weighted by molar-refractivity contribution is 0.208. The lowest BCUT2D eigenvalue weighted by atomic mass is 10.2. The third-order valence-electron chi connectivity index (χ3n) is 2.01. The molecule has 0 aliphatic heterocycles. The van der Waals surface area contributed by atoms with Crippen LogP contribution in [0.1, 0.15) is 13.3 Å². The van der Waals surface area contributed by atoms with E-state index in [0.717, 1.165) is 0 Å². The van der Waals surface area contributed by atoms with Gasteiger partial charge in [-0.25, -0.2) is 9.78 Å². The van der Waals surface area contributed by atoms with Crippen LogP contribution in [0, 0.1) is 11.3 Å². The number of urea groups is 1. The fourth-order valence-electron chi connectivity index (χ4n) is 0.934. The molecular formula is C9H12N4OS. The lowest BCUT2D eigenvalue weighted by Crippen LogP contribution is -2.38. The molecule has 0 saturated heterocycles. The summed E-state index contributed by atoms with van der Waals surface area (Å²) in [5, 5.41) is 13.5. The van der Waals surface area contributed by atoms with Crippen molar-refractivity contribution in [1.29, 1.82) is 5.26 Å². The SMILES string of the molecule is CC(CC#N)N(C)C(=O)Nc1nccs1. The molecule has 1 aromatic rings. The van der Waals surface area contributed by atoms with E-state index in [-0.39, 0.29) is 12.1 Å². The first kappa shape index (κ1) is 11.5. The number of anilines is 1. The first-order valence-electron chi connectivity index (χ1n) is 4.45.